The summed E-state index contributed by atoms with van der Waals surface area (Å²) in [6.07, 6.45) is 0. The van der Waals surface area contributed by atoms with Gasteiger partial charge in [-0.25, -0.2) is 0 Å². The first-order valence-electron chi connectivity index (χ1n) is 3.59. The van der Waals surface area contributed by atoms with E-state index in [1.807, 2.05) is 0 Å². The summed E-state index contributed by atoms with van der Waals surface area (Å²) in [5.74, 6) is 0. The van der Waals surface area contributed by atoms with Crippen molar-refractivity contribution in [2.75, 3.05) is 0 Å². The van der Waals surface area contributed by atoms with Crippen LogP contribution in [0, 0.1) is 0 Å². The zero-order valence-corrected chi connectivity index (χ0v) is 12.3. The molecular formula is C6H16Br2Si2. The lowest BCUT2D eigenvalue weighted by Crippen LogP contribution is -2.22. The maximum atomic E-state index is 3.77. The predicted octanol–water partition coefficient (Wildman–Crippen LogP) is 4.19. The third-order valence-electron chi connectivity index (χ3n) is 1.31. The van der Waals surface area contributed by atoms with E-state index in [0.717, 1.165) is 0 Å². The minimum atomic E-state index is -0.950. The fourth-order valence-corrected chi connectivity index (χ4v) is 8.92. The molecule has 0 fully saturated rings. The van der Waals surface area contributed by atoms with Gasteiger partial charge in [0.1, 0.15) is 13.4 Å². The predicted molar refractivity (Wildman–Crippen MR) is 62.4 cm³/mol. The van der Waals surface area contributed by atoms with Crippen LogP contribution >= 0.6 is 30.6 Å². The second-order valence-corrected chi connectivity index (χ2v) is 24.7. The molecule has 62 valence electrons. The van der Waals surface area contributed by atoms with E-state index in [1.165, 1.54) is 12.1 Å². The molecule has 0 aromatic rings. The molecule has 0 aliphatic carbocycles. The summed E-state index contributed by atoms with van der Waals surface area (Å²) in [6, 6.07) is 2.80. The monoisotopic (exact) mass is 302 g/mol. The first-order chi connectivity index (χ1) is 4.21. The van der Waals surface area contributed by atoms with Crippen molar-refractivity contribution in [3.05, 3.63) is 0 Å². The minimum Gasteiger partial charge on any atom is -0.127 e. The third-order valence-corrected chi connectivity index (χ3v) is 7.07. The molecule has 4 heteroatoms. The molecule has 0 saturated carbocycles. The van der Waals surface area contributed by atoms with Crippen molar-refractivity contribution in [3.8, 4) is 0 Å². The van der Waals surface area contributed by atoms with Gasteiger partial charge in [-0.05, 0) is 12.1 Å². The maximum Gasteiger partial charge on any atom is 0.124 e. The van der Waals surface area contributed by atoms with E-state index in [-0.39, 0.29) is 0 Å². The van der Waals surface area contributed by atoms with E-state index in [4.69, 9.17) is 0 Å². The molecular weight excluding hydrogens is 288 g/mol. The largest absolute Gasteiger partial charge is 0.127 e. The quantitative estimate of drug-likeness (QED) is 0.542. The second-order valence-electron chi connectivity index (χ2n) is 3.94. The molecule has 0 N–H and O–H groups in total. The van der Waals surface area contributed by atoms with Crippen LogP contribution in [0.3, 0.4) is 0 Å². The van der Waals surface area contributed by atoms with Gasteiger partial charge in [0.25, 0.3) is 0 Å². The molecule has 0 bridgehead atoms. The molecule has 0 saturated heterocycles. The lowest BCUT2D eigenvalue weighted by atomic mass is 10.9. The molecule has 0 amide bonds. The zero-order valence-electron chi connectivity index (χ0n) is 7.17. The van der Waals surface area contributed by atoms with Crippen molar-refractivity contribution >= 4 is 44.0 Å². The van der Waals surface area contributed by atoms with Crippen molar-refractivity contribution in [1.29, 1.82) is 0 Å². The van der Waals surface area contributed by atoms with Gasteiger partial charge in [-0.2, -0.15) is 0 Å². The highest BCUT2D eigenvalue weighted by molar-refractivity contribution is 9.26. The molecule has 0 unspecified atom stereocenters. The molecule has 10 heavy (non-hydrogen) atoms. The fourth-order valence-electron chi connectivity index (χ4n) is 0.594. The van der Waals surface area contributed by atoms with Gasteiger partial charge < -0.3 is 0 Å². The lowest BCUT2D eigenvalue weighted by molar-refractivity contribution is 1.34. The molecule has 0 heterocycles. The van der Waals surface area contributed by atoms with Gasteiger partial charge in [0, 0.05) is 0 Å². The summed E-state index contributed by atoms with van der Waals surface area (Å²) >= 11 is 7.54. The van der Waals surface area contributed by atoms with Gasteiger partial charge in [0.2, 0.25) is 0 Å². The molecule has 0 rings (SSSR count). The highest BCUT2D eigenvalue weighted by atomic mass is 79.9. The van der Waals surface area contributed by atoms with Gasteiger partial charge in [-0.1, -0.05) is 26.2 Å². The topological polar surface area (TPSA) is 0 Å². The van der Waals surface area contributed by atoms with E-state index in [9.17, 15) is 0 Å². The van der Waals surface area contributed by atoms with Crippen molar-refractivity contribution < 1.29 is 0 Å². The summed E-state index contributed by atoms with van der Waals surface area (Å²) in [5, 5.41) is 0. The van der Waals surface area contributed by atoms with E-state index in [2.05, 4.69) is 56.8 Å². The van der Waals surface area contributed by atoms with E-state index < -0.39 is 13.4 Å². The van der Waals surface area contributed by atoms with Gasteiger partial charge in [0.05, 0.1) is 0 Å². The highest BCUT2D eigenvalue weighted by Gasteiger charge is 2.22. The molecule has 0 aliphatic rings. The smallest absolute Gasteiger partial charge is 0.124 e. The Bertz CT molecular complexity index is 87.3. The summed E-state index contributed by atoms with van der Waals surface area (Å²) in [6.45, 7) is 7.55. The normalized spacial score (nSPS) is 13.8. The molecule has 0 atom stereocenters. The first-order valence-corrected chi connectivity index (χ1v) is 14.5. The van der Waals surface area contributed by atoms with Gasteiger partial charge >= 0.3 is 0 Å². The summed E-state index contributed by atoms with van der Waals surface area (Å²) < 4.78 is 0. The van der Waals surface area contributed by atoms with Crippen molar-refractivity contribution in [3.63, 3.8) is 0 Å². The van der Waals surface area contributed by atoms with Crippen LogP contribution in [0.25, 0.3) is 0 Å². The number of rotatable bonds is 3. The zero-order chi connectivity index (χ0) is 8.41. The maximum absolute atomic E-state index is 3.77. The average molecular weight is 304 g/mol. The molecule has 0 aliphatic heterocycles. The van der Waals surface area contributed by atoms with Crippen LogP contribution < -0.4 is 0 Å². The summed E-state index contributed by atoms with van der Waals surface area (Å²) in [7, 11) is 0. The van der Waals surface area contributed by atoms with E-state index in [1.54, 1.807) is 0 Å². The molecule has 0 aromatic carbocycles. The van der Waals surface area contributed by atoms with Gasteiger partial charge in [-0.3, -0.25) is 0 Å². The van der Waals surface area contributed by atoms with Crippen molar-refractivity contribution in [1.82, 2.24) is 0 Å². The van der Waals surface area contributed by atoms with Crippen LogP contribution in [0.1, 0.15) is 0 Å². The molecule has 0 aromatic heterocycles. The highest BCUT2D eigenvalue weighted by Crippen LogP contribution is 2.27. The fraction of sp³-hybridized carbons (Fsp3) is 1.00. The van der Waals surface area contributed by atoms with E-state index in [0.29, 0.717) is 0 Å². The standard InChI is InChI=1S/C6H16Br2Si2/c1-9(2,7)5-6-10(3,4)8/h5-6H2,1-4H3. The Balaban J connectivity index is 3.56. The van der Waals surface area contributed by atoms with Crippen LogP contribution in [0.5, 0.6) is 0 Å². The second kappa shape index (κ2) is 3.87. The molecule has 0 radical (unpaired) electrons. The summed E-state index contributed by atoms with van der Waals surface area (Å²) in [4.78, 5) is 0. The van der Waals surface area contributed by atoms with Crippen LogP contribution in [0.4, 0.5) is 0 Å². The third kappa shape index (κ3) is 9.39. The Kier molecular flexibility index (Phi) is 4.41. The summed E-state index contributed by atoms with van der Waals surface area (Å²) in [5.41, 5.74) is 0. The molecule has 0 spiro atoms. The van der Waals surface area contributed by atoms with Gasteiger partial charge in [0.15, 0.2) is 0 Å². The Hall–Kier alpha value is 1.39. The lowest BCUT2D eigenvalue weighted by Gasteiger charge is -2.18. The van der Waals surface area contributed by atoms with Crippen LogP contribution in [-0.2, 0) is 0 Å². The first kappa shape index (κ1) is 11.4. The SMILES string of the molecule is C[Si](C)(Br)CC[Si](C)(C)Br. The van der Waals surface area contributed by atoms with Crippen LogP contribution in [0.2, 0.25) is 38.3 Å². The Morgan fingerprint density at radius 2 is 1.00 bits per heavy atom. The number of hydrogen-bond donors (Lipinski definition) is 0. The van der Waals surface area contributed by atoms with Crippen LogP contribution in [-0.4, -0.2) is 13.4 Å². The Labute approximate surface area is 82.0 Å². The minimum absolute atomic E-state index is 0.950. The Morgan fingerprint density at radius 3 is 1.10 bits per heavy atom. The van der Waals surface area contributed by atoms with Crippen molar-refractivity contribution in [2.24, 2.45) is 0 Å². The Morgan fingerprint density at radius 1 is 0.800 bits per heavy atom. The number of halogens is 2. The van der Waals surface area contributed by atoms with Crippen LogP contribution in [0.15, 0.2) is 0 Å². The molecule has 0 nitrogen and oxygen atoms in total. The van der Waals surface area contributed by atoms with E-state index >= 15 is 0 Å². The van der Waals surface area contributed by atoms with Crippen molar-refractivity contribution in [2.45, 2.75) is 38.3 Å². The average Bonchev–Trinajstić information content (AvgIpc) is 1.57. The van der Waals surface area contributed by atoms with Gasteiger partial charge in [-0.15, -0.1) is 30.6 Å². The number of hydrogen-bond acceptors (Lipinski definition) is 0.